The fourth-order valence-electron chi connectivity index (χ4n) is 3.22. The molecule has 150 valence electrons. The summed E-state index contributed by atoms with van der Waals surface area (Å²) in [5.74, 6) is -1.49. The molecule has 3 atom stereocenters. The van der Waals surface area contributed by atoms with E-state index >= 15 is 0 Å². The fraction of sp³-hybridized carbons (Fsp3) is 0.889. The van der Waals surface area contributed by atoms with Gasteiger partial charge in [-0.1, -0.05) is 0 Å². The van der Waals surface area contributed by atoms with Crippen molar-refractivity contribution >= 4 is 12.1 Å². The van der Waals surface area contributed by atoms with Crippen molar-refractivity contribution in [2.45, 2.75) is 90.8 Å². The Morgan fingerprint density at radius 2 is 1.77 bits per heavy atom. The molecule has 8 heteroatoms. The zero-order valence-corrected chi connectivity index (χ0v) is 17.0. The topological polar surface area (TPSA) is 83.5 Å². The van der Waals surface area contributed by atoms with Crippen LogP contribution in [-0.4, -0.2) is 65.5 Å². The Morgan fingerprint density at radius 3 is 2.31 bits per heavy atom. The smallest absolute Gasteiger partial charge is 0.412 e. The number of rotatable bonds is 3. The summed E-state index contributed by atoms with van der Waals surface area (Å²) in [6.07, 6.45) is -2.20. The van der Waals surface area contributed by atoms with Crippen LogP contribution in [0.15, 0.2) is 0 Å². The summed E-state index contributed by atoms with van der Waals surface area (Å²) in [6, 6.07) is -0.545. The van der Waals surface area contributed by atoms with Crippen LogP contribution in [0, 0.1) is 0 Å². The molecule has 0 saturated carbocycles. The quantitative estimate of drug-likeness (QED) is 0.703. The Bertz CT molecular complexity index is 552. The highest BCUT2D eigenvalue weighted by atomic mass is 16.8. The number of esters is 1. The Morgan fingerprint density at radius 1 is 1.15 bits per heavy atom. The zero-order valence-electron chi connectivity index (χ0n) is 17.0. The van der Waals surface area contributed by atoms with Gasteiger partial charge in [-0.25, -0.2) is 9.59 Å². The van der Waals surface area contributed by atoms with Gasteiger partial charge in [-0.15, -0.1) is 0 Å². The van der Waals surface area contributed by atoms with Crippen LogP contribution in [0.5, 0.6) is 0 Å². The Balaban J connectivity index is 2.30. The Hall–Kier alpha value is -1.38. The number of nitrogens with zero attached hydrogens (tertiary/aromatic N) is 1. The summed E-state index contributed by atoms with van der Waals surface area (Å²) >= 11 is 0. The standard InChI is InChI=1S/C18H31NO7/c1-9-22-14(20)13-12(24-18(7,8)25-13)11-10-23-17(5,6)19(11)15(21)26-16(2,3)4/h11-13H,9-10H2,1-8H3/t11-,12-,13+/m1/s1. The third-order valence-corrected chi connectivity index (χ3v) is 4.14. The van der Waals surface area contributed by atoms with Crippen LogP contribution < -0.4 is 0 Å². The molecule has 2 aliphatic heterocycles. The third kappa shape index (κ3) is 4.47. The van der Waals surface area contributed by atoms with Crippen molar-refractivity contribution in [3.05, 3.63) is 0 Å². The second-order valence-electron chi connectivity index (χ2n) is 8.45. The van der Waals surface area contributed by atoms with Crippen LogP contribution in [0.2, 0.25) is 0 Å². The monoisotopic (exact) mass is 373 g/mol. The van der Waals surface area contributed by atoms with Crippen molar-refractivity contribution in [1.82, 2.24) is 4.90 Å². The van der Waals surface area contributed by atoms with Crippen molar-refractivity contribution < 1.29 is 33.3 Å². The number of carbonyl (C=O) groups excluding carboxylic acids is 2. The van der Waals surface area contributed by atoms with Crippen LogP contribution in [0.4, 0.5) is 4.79 Å². The largest absolute Gasteiger partial charge is 0.464 e. The van der Waals surface area contributed by atoms with E-state index < -0.39 is 47.4 Å². The molecule has 2 rings (SSSR count). The SMILES string of the molecule is CCOC(=O)[C@H]1OC(C)(C)O[C@@H]1[C@H]1COC(C)(C)N1C(=O)OC(C)(C)C. The molecule has 2 saturated heterocycles. The highest BCUT2D eigenvalue weighted by molar-refractivity contribution is 5.76. The molecule has 8 nitrogen and oxygen atoms in total. The first-order chi connectivity index (χ1) is 11.8. The molecule has 1 amide bonds. The molecule has 2 fully saturated rings. The van der Waals surface area contributed by atoms with Gasteiger partial charge < -0.3 is 23.7 Å². The number of amides is 1. The highest BCUT2D eigenvalue weighted by Crippen LogP contribution is 2.38. The second kappa shape index (κ2) is 6.98. The summed E-state index contributed by atoms with van der Waals surface area (Å²) < 4.78 is 28.2. The lowest BCUT2D eigenvalue weighted by Gasteiger charge is -2.37. The fourth-order valence-corrected chi connectivity index (χ4v) is 3.22. The molecule has 26 heavy (non-hydrogen) atoms. The predicted molar refractivity (Wildman–Crippen MR) is 92.4 cm³/mol. The molecule has 0 spiro atoms. The van der Waals surface area contributed by atoms with E-state index in [1.807, 2.05) is 0 Å². The lowest BCUT2D eigenvalue weighted by molar-refractivity contribution is -0.170. The number of hydrogen-bond donors (Lipinski definition) is 0. The van der Waals surface area contributed by atoms with Crippen LogP contribution in [0.1, 0.15) is 55.4 Å². The summed E-state index contributed by atoms with van der Waals surface area (Å²) in [4.78, 5) is 26.7. The average Bonchev–Trinajstić information content (AvgIpc) is 2.93. The van der Waals surface area contributed by atoms with Gasteiger partial charge in [-0.2, -0.15) is 0 Å². The minimum Gasteiger partial charge on any atom is -0.464 e. The maximum atomic E-state index is 12.8. The first-order valence-electron chi connectivity index (χ1n) is 8.96. The zero-order chi connectivity index (χ0) is 19.9. The minimum atomic E-state index is -0.978. The van der Waals surface area contributed by atoms with E-state index in [-0.39, 0.29) is 13.2 Å². The summed E-state index contributed by atoms with van der Waals surface area (Å²) in [6.45, 7) is 14.5. The molecule has 0 aromatic rings. The van der Waals surface area contributed by atoms with Crippen LogP contribution in [0.25, 0.3) is 0 Å². The normalized spacial score (nSPS) is 30.3. The maximum Gasteiger partial charge on any atom is 0.412 e. The predicted octanol–water partition coefficient (Wildman–Crippen LogP) is 2.44. The number of hydrogen-bond acceptors (Lipinski definition) is 7. The van der Waals surface area contributed by atoms with E-state index in [4.69, 9.17) is 23.7 Å². The minimum absolute atomic E-state index is 0.201. The molecule has 0 N–H and O–H groups in total. The molecule has 0 radical (unpaired) electrons. The summed E-state index contributed by atoms with van der Waals surface area (Å²) in [5, 5.41) is 0. The van der Waals surface area contributed by atoms with Crippen molar-refractivity contribution in [3.8, 4) is 0 Å². The molecular formula is C18H31NO7. The van der Waals surface area contributed by atoms with Crippen molar-refractivity contribution in [1.29, 1.82) is 0 Å². The first kappa shape index (κ1) is 20.9. The number of ether oxygens (including phenoxy) is 5. The lowest BCUT2D eigenvalue weighted by Crippen LogP contribution is -2.56. The van der Waals surface area contributed by atoms with Crippen LogP contribution in [-0.2, 0) is 28.5 Å². The molecular weight excluding hydrogens is 342 g/mol. The van der Waals surface area contributed by atoms with Gasteiger partial charge in [0.15, 0.2) is 11.9 Å². The molecule has 0 bridgehead atoms. The van der Waals surface area contributed by atoms with Crippen LogP contribution in [0.3, 0.4) is 0 Å². The molecule has 2 aliphatic rings. The molecule has 0 aromatic carbocycles. The van der Waals surface area contributed by atoms with E-state index in [2.05, 4.69) is 0 Å². The average molecular weight is 373 g/mol. The van der Waals surface area contributed by atoms with E-state index in [0.717, 1.165) is 0 Å². The van der Waals surface area contributed by atoms with E-state index in [9.17, 15) is 9.59 Å². The first-order valence-corrected chi connectivity index (χ1v) is 8.96. The lowest BCUT2D eigenvalue weighted by atomic mass is 10.0. The molecule has 0 unspecified atom stereocenters. The van der Waals surface area contributed by atoms with E-state index in [1.54, 1.807) is 55.4 Å². The van der Waals surface area contributed by atoms with Crippen molar-refractivity contribution in [3.63, 3.8) is 0 Å². The van der Waals surface area contributed by atoms with Gasteiger partial charge in [-0.3, -0.25) is 4.90 Å². The second-order valence-corrected chi connectivity index (χ2v) is 8.45. The highest BCUT2D eigenvalue weighted by Gasteiger charge is 2.57. The van der Waals surface area contributed by atoms with E-state index in [0.29, 0.717) is 0 Å². The summed E-state index contributed by atoms with van der Waals surface area (Å²) in [7, 11) is 0. The van der Waals surface area contributed by atoms with Gasteiger partial charge in [-0.05, 0) is 55.4 Å². The van der Waals surface area contributed by atoms with Gasteiger partial charge in [0.25, 0.3) is 0 Å². The summed E-state index contributed by atoms with van der Waals surface area (Å²) in [5.41, 5.74) is -1.56. The van der Waals surface area contributed by atoms with Gasteiger partial charge in [0, 0.05) is 0 Å². The van der Waals surface area contributed by atoms with Gasteiger partial charge in [0.2, 0.25) is 0 Å². The maximum absolute atomic E-state index is 12.8. The van der Waals surface area contributed by atoms with Crippen molar-refractivity contribution in [2.24, 2.45) is 0 Å². The molecule has 0 aromatic heterocycles. The Kier molecular flexibility index (Phi) is 5.62. The van der Waals surface area contributed by atoms with E-state index in [1.165, 1.54) is 4.90 Å². The number of carbonyl (C=O) groups is 2. The van der Waals surface area contributed by atoms with Crippen molar-refractivity contribution in [2.75, 3.05) is 13.2 Å². The van der Waals surface area contributed by atoms with Gasteiger partial charge >= 0.3 is 12.1 Å². The van der Waals surface area contributed by atoms with Crippen LogP contribution >= 0.6 is 0 Å². The molecule has 2 heterocycles. The third-order valence-electron chi connectivity index (χ3n) is 4.14. The Labute approximate surface area is 155 Å². The van der Waals surface area contributed by atoms with Gasteiger partial charge in [0.1, 0.15) is 17.4 Å². The van der Waals surface area contributed by atoms with Gasteiger partial charge in [0.05, 0.1) is 19.3 Å². The molecule has 0 aliphatic carbocycles.